The maximum Gasteiger partial charge on any atom is 0.387 e. The molecule has 9 nitrogen and oxygen atoms in total. The summed E-state index contributed by atoms with van der Waals surface area (Å²) in [6, 6.07) is 9.94. The average molecular weight is 1020 g/mol. The van der Waals surface area contributed by atoms with Crippen LogP contribution in [0.2, 0.25) is 0 Å². The van der Waals surface area contributed by atoms with Crippen LogP contribution in [0.1, 0.15) is 44.5 Å². The van der Waals surface area contributed by atoms with Crippen molar-refractivity contribution in [3.63, 3.8) is 0 Å². The Morgan fingerprint density at radius 2 is 0.803 bits per heavy atom. The smallest absolute Gasteiger partial charge is 0.387 e. The zero-order valence-electron chi connectivity index (χ0n) is 35.9. The van der Waals surface area contributed by atoms with E-state index in [4.69, 9.17) is 14.2 Å². The highest BCUT2D eigenvalue weighted by molar-refractivity contribution is 5.78. The molecule has 1 N–H and O–H groups in total. The number of carboxylic acid groups (broad SMARTS) is 1. The van der Waals surface area contributed by atoms with E-state index < -0.39 is 154 Å². The van der Waals surface area contributed by atoms with E-state index >= 15 is 8.78 Å². The number of carbonyl (C=O) groups excluding carboxylic acids is 2. The molecule has 0 bridgehead atoms. The number of aliphatic carboxylic acids is 1. The fourth-order valence-electron chi connectivity index (χ4n) is 6.78. The largest absolute Gasteiger partial charge is 0.482 e. The van der Waals surface area contributed by atoms with Crippen molar-refractivity contribution in [3.05, 3.63) is 181 Å². The number of hydrogen-bond acceptors (Lipinski definition) is 8. The summed E-state index contributed by atoms with van der Waals surface area (Å²) in [6.07, 6.45) is -1.20. The minimum Gasteiger partial charge on any atom is -0.482 e. The van der Waals surface area contributed by atoms with Gasteiger partial charge in [-0.25, -0.2) is 58.3 Å². The molecule has 0 heterocycles. The Hall–Kier alpha value is -7.92. The summed E-state index contributed by atoms with van der Waals surface area (Å²) in [5.41, 5.74) is -1.60. The van der Waals surface area contributed by atoms with Gasteiger partial charge < -0.3 is 28.8 Å². The molecule has 0 aliphatic carbocycles. The van der Waals surface area contributed by atoms with Crippen LogP contribution in [0.3, 0.4) is 0 Å². The second-order valence-corrected chi connectivity index (χ2v) is 15.2. The van der Waals surface area contributed by atoms with Gasteiger partial charge in [-0.2, -0.15) is 22.0 Å². The Labute approximate surface area is 388 Å². The highest BCUT2D eigenvalue weighted by Crippen LogP contribution is 2.41. The third kappa shape index (κ3) is 10.6. The van der Waals surface area contributed by atoms with Gasteiger partial charge in [0.15, 0.2) is 36.5 Å². The number of alkyl halides is 1. The van der Waals surface area contributed by atoms with Crippen LogP contribution in [0, 0.1) is 102 Å². The minimum atomic E-state index is -4.63. The molecule has 0 aliphatic rings. The van der Waals surface area contributed by atoms with E-state index in [-0.39, 0.29) is 45.4 Å². The average Bonchev–Trinajstić information content (AvgIpc) is 3.32. The first-order valence-electron chi connectivity index (χ1n) is 19.7. The molecule has 6 aromatic rings. The number of halogens is 15. The third-order valence-corrected chi connectivity index (χ3v) is 10.0. The van der Waals surface area contributed by atoms with Crippen molar-refractivity contribution in [2.24, 2.45) is 0 Å². The molecule has 1 atom stereocenters. The molecule has 0 fully saturated rings. The van der Waals surface area contributed by atoms with Gasteiger partial charge in [-0.15, -0.1) is 0 Å². The SMILES string of the molecule is Cc1ccc(OCC(=O)Oc2c(F)c(F)c(F)c(F)c2F)c(Cc2cc(C)cc(Cc3cc(C)ccc3OCC(=O)Oc3c(F)c(F)c(F)c(F)c3F)c2OC(F)(C(=O)O)c2cc(F)c(F)c(F)c2F)c1. The number of carbonyl (C=O) groups is 3. The Morgan fingerprint density at radius 3 is 1.18 bits per heavy atom. The molecule has 24 heteroatoms. The van der Waals surface area contributed by atoms with Crippen molar-refractivity contribution < 1.29 is 109 Å². The lowest BCUT2D eigenvalue weighted by Crippen LogP contribution is -2.39. The van der Waals surface area contributed by atoms with Crippen molar-refractivity contribution in [3.8, 4) is 28.7 Å². The molecule has 0 radical (unpaired) electrons. The standard InChI is InChI=1S/C47H27F15O9/c1-17-4-6-26(67-15-28(63)69-44-39(58)35(54)33(52)36(55)40(44)59)20(8-17)12-22-10-19(3)11-23(43(22)71-47(62,46(65)66)24-14-25(48)31(50)32(51)30(24)49)13-21-9-18(2)5-7-27(21)68-16-29(64)70-45-41(60)37(56)34(53)38(57)42(45)61/h4-11,14H,12-13,15-16H2,1-3H3,(H,65,66). The summed E-state index contributed by atoms with van der Waals surface area (Å²) in [5.74, 6) is -51.0. The topological polar surface area (TPSA) is 118 Å². The Balaban J connectivity index is 1.41. The monoisotopic (exact) mass is 1020 g/mol. The normalized spacial score (nSPS) is 12.1. The van der Waals surface area contributed by atoms with E-state index in [1.54, 1.807) is 0 Å². The second-order valence-electron chi connectivity index (χ2n) is 15.2. The predicted molar refractivity (Wildman–Crippen MR) is 211 cm³/mol. The summed E-state index contributed by atoms with van der Waals surface area (Å²) in [4.78, 5) is 38.0. The van der Waals surface area contributed by atoms with Crippen molar-refractivity contribution >= 4 is 17.9 Å². The first-order chi connectivity index (χ1) is 33.2. The maximum atomic E-state index is 17.0. The Kier molecular flexibility index (Phi) is 15.2. The molecule has 0 aliphatic heterocycles. The van der Waals surface area contributed by atoms with Crippen LogP contribution in [0.15, 0.2) is 54.6 Å². The van der Waals surface area contributed by atoms with E-state index in [1.165, 1.54) is 69.3 Å². The van der Waals surface area contributed by atoms with Gasteiger partial charge in [0.25, 0.3) is 0 Å². The number of ether oxygens (including phenoxy) is 5. The lowest BCUT2D eigenvalue weighted by atomic mass is 9.93. The number of aryl methyl sites for hydroxylation is 3. The molecule has 0 aromatic heterocycles. The van der Waals surface area contributed by atoms with E-state index in [2.05, 4.69) is 9.47 Å². The highest BCUT2D eigenvalue weighted by atomic mass is 19.2. The van der Waals surface area contributed by atoms with Crippen LogP contribution >= 0.6 is 0 Å². The zero-order valence-corrected chi connectivity index (χ0v) is 35.9. The molecule has 0 amide bonds. The third-order valence-electron chi connectivity index (χ3n) is 10.0. The quantitative estimate of drug-likeness (QED) is 0.0332. The first-order valence-corrected chi connectivity index (χ1v) is 19.7. The molecular weight excluding hydrogens is 993 g/mol. The van der Waals surface area contributed by atoms with Crippen LogP contribution in [-0.2, 0) is 33.1 Å². The number of benzene rings is 6. The number of rotatable bonds is 16. The molecule has 6 aromatic carbocycles. The number of esters is 2. The van der Waals surface area contributed by atoms with E-state index in [0.717, 1.165) is 0 Å². The summed E-state index contributed by atoms with van der Waals surface area (Å²) >= 11 is 0. The molecule has 374 valence electrons. The fourth-order valence-corrected chi connectivity index (χ4v) is 6.78. The summed E-state index contributed by atoms with van der Waals surface area (Å²) in [7, 11) is 0. The van der Waals surface area contributed by atoms with Crippen LogP contribution in [0.25, 0.3) is 0 Å². The van der Waals surface area contributed by atoms with Crippen LogP contribution in [-0.4, -0.2) is 36.2 Å². The van der Waals surface area contributed by atoms with Crippen molar-refractivity contribution in [1.29, 1.82) is 0 Å². The van der Waals surface area contributed by atoms with Gasteiger partial charge in [-0.1, -0.05) is 53.1 Å². The Morgan fingerprint density at radius 1 is 0.451 bits per heavy atom. The molecule has 71 heavy (non-hydrogen) atoms. The summed E-state index contributed by atoms with van der Waals surface area (Å²) in [5, 5.41) is 10.2. The van der Waals surface area contributed by atoms with E-state index in [0.29, 0.717) is 11.1 Å². The zero-order chi connectivity index (χ0) is 52.5. The lowest BCUT2D eigenvalue weighted by Gasteiger charge is -2.27. The summed E-state index contributed by atoms with van der Waals surface area (Å²) in [6.45, 7) is 1.86. The lowest BCUT2D eigenvalue weighted by molar-refractivity contribution is -0.177. The van der Waals surface area contributed by atoms with Gasteiger partial charge in [-0.3, -0.25) is 0 Å². The van der Waals surface area contributed by atoms with Gasteiger partial charge in [0.05, 0.1) is 5.56 Å². The molecule has 1 unspecified atom stereocenters. The molecule has 0 saturated carbocycles. The highest BCUT2D eigenvalue weighted by Gasteiger charge is 2.49. The number of carboxylic acids is 1. The predicted octanol–water partition coefficient (Wildman–Crippen LogP) is 11.0. The fraction of sp³-hybridized carbons (Fsp3) is 0.170. The first kappa shape index (κ1) is 52.5. The van der Waals surface area contributed by atoms with Gasteiger partial charge in [0.1, 0.15) is 17.2 Å². The van der Waals surface area contributed by atoms with E-state index in [1.807, 2.05) is 0 Å². The van der Waals surface area contributed by atoms with Gasteiger partial charge in [0.2, 0.25) is 69.7 Å². The maximum absolute atomic E-state index is 17.0. The van der Waals surface area contributed by atoms with Gasteiger partial charge in [-0.05, 0) is 61.2 Å². The van der Waals surface area contributed by atoms with E-state index in [9.17, 15) is 76.6 Å². The van der Waals surface area contributed by atoms with Crippen LogP contribution < -0.4 is 23.7 Å². The number of hydrogen-bond donors (Lipinski definition) is 1. The van der Waals surface area contributed by atoms with Gasteiger partial charge >= 0.3 is 23.8 Å². The van der Waals surface area contributed by atoms with Crippen LogP contribution in [0.5, 0.6) is 28.7 Å². The molecule has 0 saturated heterocycles. The van der Waals surface area contributed by atoms with Gasteiger partial charge in [0, 0.05) is 12.8 Å². The van der Waals surface area contributed by atoms with Crippen LogP contribution in [0.4, 0.5) is 65.9 Å². The molecular formula is C47H27F15O9. The molecule has 0 spiro atoms. The van der Waals surface area contributed by atoms with Crippen molar-refractivity contribution in [1.82, 2.24) is 0 Å². The minimum absolute atomic E-state index is 0.0350. The summed E-state index contributed by atoms with van der Waals surface area (Å²) < 4.78 is 240. The van der Waals surface area contributed by atoms with Crippen molar-refractivity contribution in [2.75, 3.05) is 13.2 Å². The van der Waals surface area contributed by atoms with Crippen molar-refractivity contribution in [2.45, 2.75) is 39.5 Å². The Bertz CT molecular complexity index is 2950. The second kappa shape index (κ2) is 20.6. The molecule has 6 rings (SSSR count).